The Bertz CT molecular complexity index is 1660. The molecule has 2 heterocycles. The van der Waals surface area contributed by atoms with Gasteiger partial charge in [0.05, 0.1) is 22.2 Å². The first-order valence-electron chi connectivity index (χ1n) is 11.1. The number of aryl methyl sites for hydroxylation is 1. The number of benzene rings is 3. The van der Waals surface area contributed by atoms with Crippen LogP contribution < -0.4 is 5.56 Å². The number of amides is 1. The molecule has 0 fully saturated rings. The van der Waals surface area contributed by atoms with E-state index in [4.69, 9.17) is 11.6 Å². The molecule has 3 aromatic carbocycles. The van der Waals surface area contributed by atoms with Gasteiger partial charge in [-0.25, -0.2) is 4.98 Å². The van der Waals surface area contributed by atoms with Crippen LogP contribution in [0.4, 0.5) is 5.69 Å². The van der Waals surface area contributed by atoms with Crippen molar-refractivity contribution in [1.82, 2.24) is 14.5 Å². The summed E-state index contributed by atoms with van der Waals surface area (Å²) < 4.78 is 1.60. The molecule has 0 aliphatic rings. The molecule has 2 aromatic heterocycles. The lowest BCUT2D eigenvalue weighted by molar-refractivity contribution is -0.115. The highest BCUT2D eigenvalue weighted by Crippen LogP contribution is 2.36. The standard InChI is InChI=1S/C26H20ClN5O3S/c27-17-10-11-21-19(14-17)23(24(34)28-21)31-30-22(33)15-36-26-29-20-9-5-4-8-18(20)25(35)32(26)13-12-16-6-2-1-3-7-16/h1-11,14,28,34H,12-13,15H2. The fraction of sp³-hybridized carbons (Fsp3) is 0.115. The summed E-state index contributed by atoms with van der Waals surface area (Å²) >= 11 is 7.17. The van der Waals surface area contributed by atoms with Crippen molar-refractivity contribution in [2.75, 3.05) is 5.75 Å². The van der Waals surface area contributed by atoms with Crippen LogP contribution >= 0.6 is 23.4 Å². The topological polar surface area (TPSA) is 113 Å². The number of thioether (sulfide) groups is 1. The number of fused-ring (bicyclic) bond motifs is 2. The quantitative estimate of drug-likeness (QED) is 0.159. The third kappa shape index (κ3) is 5.02. The molecule has 0 saturated carbocycles. The molecule has 0 bridgehead atoms. The lowest BCUT2D eigenvalue weighted by Crippen LogP contribution is -2.24. The van der Waals surface area contributed by atoms with E-state index in [9.17, 15) is 14.7 Å². The van der Waals surface area contributed by atoms with Crippen LogP contribution in [-0.2, 0) is 17.8 Å². The monoisotopic (exact) mass is 517 g/mol. The number of para-hydroxylation sites is 1. The summed E-state index contributed by atoms with van der Waals surface area (Å²) in [6, 6.07) is 22.0. The first-order valence-corrected chi connectivity index (χ1v) is 12.5. The minimum atomic E-state index is -0.534. The Kier molecular flexibility index (Phi) is 6.84. The highest BCUT2D eigenvalue weighted by atomic mass is 35.5. The van der Waals surface area contributed by atoms with Crippen molar-refractivity contribution in [3.8, 4) is 5.88 Å². The van der Waals surface area contributed by atoms with E-state index < -0.39 is 5.91 Å². The Balaban J connectivity index is 1.38. The number of aromatic hydroxyl groups is 1. The molecule has 0 spiro atoms. The maximum absolute atomic E-state index is 13.2. The molecule has 0 saturated heterocycles. The molecule has 36 heavy (non-hydrogen) atoms. The largest absolute Gasteiger partial charge is 0.493 e. The predicted octanol–water partition coefficient (Wildman–Crippen LogP) is 5.88. The number of rotatable bonds is 7. The third-order valence-corrected chi connectivity index (χ3v) is 6.79. The fourth-order valence-corrected chi connectivity index (χ4v) is 4.81. The van der Waals surface area contributed by atoms with Gasteiger partial charge in [0.15, 0.2) is 10.8 Å². The van der Waals surface area contributed by atoms with Gasteiger partial charge in [-0.05, 0) is 42.3 Å². The zero-order valence-electron chi connectivity index (χ0n) is 18.9. The molecule has 0 radical (unpaired) electrons. The van der Waals surface area contributed by atoms with E-state index in [1.807, 2.05) is 36.4 Å². The van der Waals surface area contributed by atoms with Crippen LogP contribution in [0.5, 0.6) is 5.88 Å². The van der Waals surface area contributed by atoms with E-state index in [1.165, 1.54) is 0 Å². The van der Waals surface area contributed by atoms with Crippen LogP contribution in [0.15, 0.2) is 93.0 Å². The molecule has 0 aliphatic heterocycles. The average Bonchev–Trinajstić information content (AvgIpc) is 3.20. The Labute approximate surface area is 214 Å². The van der Waals surface area contributed by atoms with Crippen molar-refractivity contribution in [1.29, 1.82) is 0 Å². The number of nitrogens with one attached hydrogen (secondary N) is 1. The van der Waals surface area contributed by atoms with Gasteiger partial charge in [-0.3, -0.25) is 14.2 Å². The van der Waals surface area contributed by atoms with Gasteiger partial charge in [-0.1, -0.05) is 65.8 Å². The van der Waals surface area contributed by atoms with Crippen molar-refractivity contribution < 1.29 is 9.90 Å². The number of hydrogen-bond acceptors (Lipinski definition) is 6. The first-order chi connectivity index (χ1) is 17.5. The minimum absolute atomic E-state index is 0.0799. The van der Waals surface area contributed by atoms with Gasteiger partial charge >= 0.3 is 0 Å². The molecule has 2 N–H and O–H groups in total. The second-order valence-electron chi connectivity index (χ2n) is 8.00. The van der Waals surface area contributed by atoms with E-state index in [0.29, 0.717) is 45.0 Å². The van der Waals surface area contributed by atoms with Crippen molar-refractivity contribution in [3.05, 3.63) is 93.7 Å². The number of hydrogen-bond donors (Lipinski definition) is 2. The van der Waals surface area contributed by atoms with Crippen molar-refractivity contribution >= 4 is 56.8 Å². The summed E-state index contributed by atoms with van der Waals surface area (Å²) in [5, 5.41) is 19.8. The zero-order chi connectivity index (χ0) is 25.1. The van der Waals surface area contributed by atoms with Gasteiger partial charge in [-0.15, -0.1) is 10.2 Å². The smallest absolute Gasteiger partial charge is 0.275 e. The number of aromatic nitrogens is 3. The van der Waals surface area contributed by atoms with Crippen LogP contribution in [0.25, 0.3) is 21.8 Å². The average molecular weight is 518 g/mol. The molecule has 180 valence electrons. The molecule has 0 atom stereocenters. The molecule has 8 nitrogen and oxygen atoms in total. The molecule has 1 amide bonds. The highest BCUT2D eigenvalue weighted by Gasteiger charge is 2.15. The molecular formula is C26H20ClN5O3S. The van der Waals surface area contributed by atoms with Crippen molar-refractivity contribution in [3.63, 3.8) is 0 Å². The second kappa shape index (κ2) is 10.3. The van der Waals surface area contributed by atoms with E-state index in [-0.39, 0.29) is 22.9 Å². The minimum Gasteiger partial charge on any atom is -0.493 e. The fourth-order valence-electron chi connectivity index (χ4n) is 3.84. The van der Waals surface area contributed by atoms with Gasteiger partial charge in [0.2, 0.25) is 5.88 Å². The molecule has 0 unspecified atom stereocenters. The predicted molar refractivity (Wildman–Crippen MR) is 141 cm³/mol. The van der Waals surface area contributed by atoms with E-state index in [1.54, 1.807) is 41.0 Å². The maximum Gasteiger partial charge on any atom is 0.275 e. The number of halogens is 1. The lowest BCUT2D eigenvalue weighted by Gasteiger charge is -2.12. The van der Waals surface area contributed by atoms with Crippen LogP contribution in [0.3, 0.4) is 0 Å². The normalized spacial score (nSPS) is 11.6. The third-order valence-electron chi connectivity index (χ3n) is 5.59. The van der Waals surface area contributed by atoms with Crippen molar-refractivity contribution in [2.45, 2.75) is 18.1 Å². The summed E-state index contributed by atoms with van der Waals surface area (Å²) in [6.07, 6.45) is 0.643. The molecule has 0 aliphatic carbocycles. The molecule has 10 heteroatoms. The summed E-state index contributed by atoms with van der Waals surface area (Å²) in [4.78, 5) is 33.2. The summed E-state index contributed by atoms with van der Waals surface area (Å²) in [5.74, 6) is -0.820. The summed E-state index contributed by atoms with van der Waals surface area (Å²) in [5.41, 5.74) is 2.26. The highest BCUT2D eigenvalue weighted by molar-refractivity contribution is 7.99. The van der Waals surface area contributed by atoms with Gasteiger partial charge < -0.3 is 10.1 Å². The number of carbonyl (C=O) groups is 1. The SMILES string of the molecule is O=C(CSc1nc2ccccc2c(=O)n1CCc1ccccc1)N=Nc1c(O)[nH]c2ccc(Cl)cc12. The number of azo groups is 1. The number of carbonyl (C=O) groups excluding carboxylic acids is 1. The van der Waals surface area contributed by atoms with Gasteiger partial charge in [0, 0.05) is 17.0 Å². The Morgan fingerprint density at radius 2 is 1.83 bits per heavy atom. The van der Waals surface area contributed by atoms with Gasteiger partial charge in [0.25, 0.3) is 11.5 Å². The van der Waals surface area contributed by atoms with E-state index in [2.05, 4.69) is 20.2 Å². The molecule has 5 aromatic rings. The van der Waals surface area contributed by atoms with Crippen LogP contribution in [0.1, 0.15) is 5.56 Å². The Hall–Kier alpha value is -3.95. The number of aromatic amines is 1. The second-order valence-corrected chi connectivity index (χ2v) is 9.38. The molecular weight excluding hydrogens is 498 g/mol. The number of nitrogens with zero attached hydrogens (tertiary/aromatic N) is 4. The van der Waals surface area contributed by atoms with E-state index >= 15 is 0 Å². The van der Waals surface area contributed by atoms with Crippen molar-refractivity contribution in [2.24, 2.45) is 10.2 Å². The number of H-pyrrole nitrogens is 1. The molecule has 5 rings (SSSR count). The van der Waals surface area contributed by atoms with Crippen LogP contribution in [0.2, 0.25) is 5.02 Å². The summed E-state index contributed by atoms with van der Waals surface area (Å²) in [7, 11) is 0. The van der Waals surface area contributed by atoms with Gasteiger partial charge in [0.1, 0.15) is 0 Å². The lowest BCUT2D eigenvalue weighted by atomic mass is 10.1. The maximum atomic E-state index is 13.2. The Morgan fingerprint density at radius 3 is 2.67 bits per heavy atom. The zero-order valence-corrected chi connectivity index (χ0v) is 20.5. The summed E-state index contributed by atoms with van der Waals surface area (Å²) in [6.45, 7) is 0.419. The van der Waals surface area contributed by atoms with E-state index in [0.717, 1.165) is 17.3 Å². The van der Waals surface area contributed by atoms with Crippen LogP contribution in [0, 0.1) is 0 Å². The first kappa shape index (κ1) is 23.8. The Morgan fingerprint density at radius 1 is 1.06 bits per heavy atom. The van der Waals surface area contributed by atoms with Crippen LogP contribution in [-0.4, -0.2) is 31.3 Å². The van der Waals surface area contributed by atoms with Gasteiger partial charge in [-0.2, -0.15) is 0 Å².